The number of rotatable bonds is 3. The molecule has 6 heteroatoms. The van der Waals surface area contributed by atoms with Crippen LogP contribution in [0.2, 0.25) is 0 Å². The summed E-state index contributed by atoms with van der Waals surface area (Å²) in [7, 11) is 0. The molecular formula is C20H13FN4S. The zero-order valence-corrected chi connectivity index (χ0v) is 14.3. The van der Waals surface area contributed by atoms with Gasteiger partial charge in [0, 0.05) is 11.3 Å². The first-order chi connectivity index (χ1) is 12.8. The Kier molecular flexibility index (Phi) is 3.43. The summed E-state index contributed by atoms with van der Waals surface area (Å²) in [4.78, 5) is 12.3. The van der Waals surface area contributed by atoms with Crippen LogP contribution >= 0.6 is 11.3 Å². The number of hydrogen-bond acceptors (Lipinski definition) is 4. The second kappa shape index (κ2) is 5.93. The Hall–Kier alpha value is -3.25. The first kappa shape index (κ1) is 15.0. The highest BCUT2D eigenvalue weighted by Gasteiger charge is 2.09. The zero-order valence-electron chi connectivity index (χ0n) is 13.5. The van der Waals surface area contributed by atoms with Crippen LogP contribution in [-0.2, 0) is 0 Å². The summed E-state index contributed by atoms with van der Waals surface area (Å²) in [5.74, 6) is 0.534. The number of thiazole rings is 1. The van der Waals surface area contributed by atoms with E-state index >= 15 is 0 Å². The van der Waals surface area contributed by atoms with E-state index in [9.17, 15) is 4.39 Å². The van der Waals surface area contributed by atoms with Crippen molar-refractivity contribution in [3.63, 3.8) is 0 Å². The summed E-state index contributed by atoms with van der Waals surface area (Å²) in [5.41, 5.74) is 4.26. The summed E-state index contributed by atoms with van der Waals surface area (Å²) in [5, 5.41) is 3.90. The Morgan fingerprint density at radius 1 is 0.885 bits per heavy atom. The average molecular weight is 360 g/mol. The highest BCUT2D eigenvalue weighted by atomic mass is 32.1. The average Bonchev–Trinajstić information content (AvgIpc) is 3.27. The number of aromatic amines is 1. The fourth-order valence-electron chi connectivity index (χ4n) is 2.89. The second-order valence-corrected chi connectivity index (χ2v) is 6.94. The van der Waals surface area contributed by atoms with Crippen molar-refractivity contribution in [3.8, 4) is 11.4 Å². The van der Waals surface area contributed by atoms with Crippen molar-refractivity contribution in [3.05, 3.63) is 72.5 Å². The molecule has 2 aromatic heterocycles. The minimum absolute atomic E-state index is 0.299. The molecule has 26 heavy (non-hydrogen) atoms. The van der Waals surface area contributed by atoms with Crippen LogP contribution in [0.5, 0.6) is 0 Å². The lowest BCUT2D eigenvalue weighted by Gasteiger charge is -2.03. The molecule has 2 N–H and O–H groups in total. The van der Waals surface area contributed by atoms with Gasteiger partial charge in [0.15, 0.2) is 5.13 Å². The van der Waals surface area contributed by atoms with Crippen molar-refractivity contribution >= 4 is 43.4 Å². The molecule has 0 aliphatic rings. The van der Waals surface area contributed by atoms with Crippen molar-refractivity contribution in [1.29, 1.82) is 0 Å². The van der Waals surface area contributed by atoms with Gasteiger partial charge >= 0.3 is 0 Å². The van der Waals surface area contributed by atoms with Crippen LogP contribution in [-0.4, -0.2) is 15.0 Å². The molecule has 0 aliphatic heterocycles. The molecule has 0 amide bonds. The molecule has 0 aliphatic carbocycles. The number of nitrogens with one attached hydrogen (secondary N) is 2. The number of nitrogens with zero attached hydrogens (tertiary/aromatic N) is 2. The Morgan fingerprint density at radius 2 is 1.73 bits per heavy atom. The van der Waals surface area contributed by atoms with Gasteiger partial charge in [0.25, 0.3) is 0 Å². The Labute approximate surface area is 152 Å². The van der Waals surface area contributed by atoms with Crippen LogP contribution < -0.4 is 5.32 Å². The molecule has 0 bridgehead atoms. The maximum Gasteiger partial charge on any atom is 0.188 e. The first-order valence-electron chi connectivity index (χ1n) is 8.13. The molecule has 0 spiro atoms. The largest absolute Gasteiger partial charge is 0.338 e. The third-order valence-corrected chi connectivity index (χ3v) is 5.10. The van der Waals surface area contributed by atoms with E-state index in [1.54, 1.807) is 6.07 Å². The van der Waals surface area contributed by atoms with E-state index < -0.39 is 0 Å². The van der Waals surface area contributed by atoms with Crippen LogP contribution in [0.4, 0.5) is 15.2 Å². The number of fused-ring (bicyclic) bond motifs is 2. The lowest BCUT2D eigenvalue weighted by Crippen LogP contribution is -1.89. The normalized spacial score (nSPS) is 11.3. The van der Waals surface area contributed by atoms with Gasteiger partial charge in [0.1, 0.15) is 17.2 Å². The van der Waals surface area contributed by atoms with E-state index in [4.69, 9.17) is 0 Å². The van der Waals surface area contributed by atoms with Crippen LogP contribution in [0, 0.1) is 5.82 Å². The Balaban J connectivity index is 1.43. The number of imidazole rings is 1. The number of aromatic nitrogens is 3. The molecule has 0 fully saturated rings. The first-order valence-corrected chi connectivity index (χ1v) is 8.95. The second-order valence-electron chi connectivity index (χ2n) is 5.91. The standard InChI is InChI=1S/C20H13FN4S/c21-14-4-3-7-17-18(14)25-20(26-17)22-13-10-8-12(9-11-13)19-23-15-5-1-2-6-16(15)24-19/h1-11H,(H,22,25)(H,23,24). The van der Waals surface area contributed by atoms with Crippen LogP contribution in [0.1, 0.15) is 0 Å². The lowest BCUT2D eigenvalue weighted by molar-refractivity contribution is 0.637. The Morgan fingerprint density at radius 3 is 2.54 bits per heavy atom. The highest BCUT2D eigenvalue weighted by molar-refractivity contribution is 7.22. The van der Waals surface area contributed by atoms with Crippen LogP contribution in [0.25, 0.3) is 32.6 Å². The molecule has 0 radical (unpaired) electrons. The highest BCUT2D eigenvalue weighted by Crippen LogP contribution is 2.30. The third-order valence-electron chi connectivity index (χ3n) is 4.17. The molecule has 5 rings (SSSR count). The third kappa shape index (κ3) is 2.60. The smallest absolute Gasteiger partial charge is 0.188 e. The molecule has 3 aromatic carbocycles. The number of H-pyrrole nitrogens is 1. The van der Waals surface area contributed by atoms with E-state index in [0.717, 1.165) is 32.8 Å². The van der Waals surface area contributed by atoms with Crippen molar-refractivity contribution in [1.82, 2.24) is 15.0 Å². The maximum absolute atomic E-state index is 13.8. The topological polar surface area (TPSA) is 53.6 Å². The van der Waals surface area contributed by atoms with Crippen molar-refractivity contribution in [2.24, 2.45) is 0 Å². The van der Waals surface area contributed by atoms with E-state index in [-0.39, 0.29) is 5.82 Å². The lowest BCUT2D eigenvalue weighted by atomic mass is 10.2. The van der Waals surface area contributed by atoms with Crippen molar-refractivity contribution in [2.45, 2.75) is 0 Å². The monoisotopic (exact) mass is 360 g/mol. The summed E-state index contributed by atoms with van der Waals surface area (Å²) in [6, 6.07) is 20.9. The molecule has 2 heterocycles. The fraction of sp³-hybridized carbons (Fsp3) is 0. The summed E-state index contributed by atoms with van der Waals surface area (Å²) >= 11 is 1.43. The molecule has 126 valence electrons. The van der Waals surface area contributed by atoms with Gasteiger partial charge in [-0.2, -0.15) is 0 Å². The molecule has 0 saturated heterocycles. The zero-order chi connectivity index (χ0) is 17.5. The van der Waals surface area contributed by atoms with Gasteiger partial charge in [-0.3, -0.25) is 0 Å². The predicted molar refractivity (Wildman–Crippen MR) is 104 cm³/mol. The molecule has 0 unspecified atom stereocenters. The van der Waals surface area contributed by atoms with Gasteiger partial charge in [-0.05, 0) is 48.5 Å². The van der Waals surface area contributed by atoms with Gasteiger partial charge < -0.3 is 10.3 Å². The molecule has 5 aromatic rings. The number of para-hydroxylation sites is 3. The summed E-state index contributed by atoms with van der Waals surface area (Å²) in [6.45, 7) is 0. The van der Waals surface area contributed by atoms with Crippen LogP contribution in [0.3, 0.4) is 0 Å². The molecule has 4 nitrogen and oxygen atoms in total. The minimum Gasteiger partial charge on any atom is -0.338 e. The minimum atomic E-state index is -0.299. The van der Waals surface area contributed by atoms with Gasteiger partial charge in [-0.25, -0.2) is 14.4 Å². The number of anilines is 2. The number of halogens is 1. The molecule has 0 saturated carbocycles. The fourth-order valence-corrected chi connectivity index (χ4v) is 3.79. The maximum atomic E-state index is 13.8. The van der Waals surface area contributed by atoms with E-state index in [1.165, 1.54) is 17.4 Å². The summed E-state index contributed by atoms with van der Waals surface area (Å²) in [6.07, 6.45) is 0. The quantitative estimate of drug-likeness (QED) is 0.432. The van der Waals surface area contributed by atoms with Crippen LogP contribution in [0.15, 0.2) is 66.7 Å². The van der Waals surface area contributed by atoms with Gasteiger partial charge in [-0.15, -0.1) is 0 Å². The van der Waals surface area contributed by atoms with Crippen molar-refractivity contribution < 1.29 is 4.39 Å². The SMILES string of the molecule is Fc1cccc2sc(Nc3ccc(-c4nc5ccccc5[nH]4)cc3)nc12. The van der Waals surface area contributed by atoms with Gasteiger partial charge in [0.05, 0.1) is 15.7 Å². The Bertz CT molecular complexity index is 1190. The number of hydrogen-bond donors (Lipinski definition) is 2. The molecule has 0 atom stereocenters. The van der Waals surface area contributed by atoms with E-state index in [1.807, 2.05) is 54.6 Å². The van der Waals surface area contributed by atoms with E-state index in [0.29, 0.717) is 10.6 Å². The number of benzene rings is 3. The summed E-state index contributed by atoms with van der Waals surface area (Å²) < 4.78 is 14.6. The van der Waals surface area contributed by atoms with Gasteiger partial charge in [0.2, 0.25) is 0 Å². The van der Waals surface area contributed by atoms with E-state index in [2.05, 4.69) is 20.3 Å². The molecular weight excluding hydrogens is 347 g/mol. The van der Waals surface area contributed by atoms with Crippen molar-refractivity contribution in [2.75, 3.05) is 5.32 Å². The predicted octanol–water partition coefficient (Wildman–Crippen LogP) is 5.72. The van der Waals surface area contributed by atoms with Gasteiger partial charge in [-0.1, -0.05) is 29.5 Å².